The van der Waals surface area contributed by atoms with Crippen molar-refractivity contribution in [2.24, 2.45) is 0 Å². The standard InChI is InChI=1S/C73H138O6/c1-4-7-10-13-16-19-22-25-27-28-29-30-31-32-33-34-35-36-37-38-39-40-41-42-43-44-45-46-49-51-54-57-60-63-66-72(75)78-69-70(68-77-71(74)65-62-59-56-53-50-47-24-21-18-15-12-9-6-3)79-73(76)67-64-61-58-55-52-48-26-23-20-17-14-11-8-5-2/h14,17,23,26,70H,4-13,15-16,18-22,24-25,27-69H2,1-3H3/b17-14-,26-23-. The zero-order chi connectivity index (χ0) is 57.1. The van der Waals surface area contributed by atoms with Crippen LogP contribution in [0.15, 0.2) is 24.3 Å². The highest BCUT2D eigenvalue weighted by Crippen LogP contribution is 2.19. The van der Waals surface area contributed by atoms with Gasteiger partial charge < -0.3 is 14.2 Å². The lowest BCUT2D eigenvalue weighted by molar-refractivity contribution is -0.167. The van der Waals surface area contributed by atoms with Gasteiger partial charge in [0.25, 0.3) is 0 Å². The fourth-order valence-corrected chi connectivity index (χ4v) is 11.1. The number of unbranched alkanes of at least 4 members (excludes halogenated alkanes) is 52. The first-order valence-corrected chi connectivity index (χ1v) is 35.8. The summed E-state index contributed by atoms with van der Waals surface area (Å²) in [6, 6.07) is 0. The molecular weight excluding hydrogens is 973 g/mol. The molecule has 0 heterocycles. The Hall–Kier alpha value is -2.11. The average molecular weight is 1110 g/mol. The highest BCUT2D eigenvalue weighted by atomic mass is 16.6. The van der Waals surface area contributed by atoms with Crippen molar-refractivity contribution in [2.45, 2.75) is 412 Å². The minimum atomic E-state index is -0.775. The van der Waals surface area contributed by atoms with Crippen molar-refractivity contribution in [1.82, 2.24) is 0 Å². The first-order valence-electron chi connectivity index (χ1n) is 35.8. The molecule has 0 saturated carbocycles. The predicted octanol–water partition coefficient (Wildman–Crippen LogP) is 24.6. The van der Waals surface area contributed by atoms with Crippen LogP contribution in [0.3, 0.4) is 0 Å². The highest BCUT2D eigenvalue weighted by Gasteiger charge is 2.19. The molecule has 1 atom stereocenters. The molecule has 0 fully saturated rings. The molecule has 0 aliphatic heterocycles. The maximum absolute atomic E-state index is 12.9. The lowest BCUT2D eigenvalue weighted by Crippen LogP contribution is -2.30. The smallest absolute Gasteiger partial charge is 0.306 e. The zero-order valence-electron chi connectivity index (χ0n) is 53.7. The van der Waals surface area contributed by atoms with Crippen LogP contribution in [0.1, 0.15) is 406 Å². The van der Waals surface area contributed by atoms with Gasteiger partial charge in [0.05, 0.1) is 0 Å². The van der Waals surface area contributed by atoms with Gasteiger partial charge >= 0.3 is 17.9 Å². The quantitative estimate of drug-likeness (QED) is 0.0261. The topological polar surface area (TPSA) is 78.9 Å². The molecule has 0 bridgehead atoms. The molecule has 0 aliphatic rings. The first kappa shape index (κ1) is 76.9. The Bertz CT molecular complexity index is 1270. The Balaban J connectivity index is 4.03. The second kappa shape index (κ2) is 68.4. The van der Waals surface area contributed by atoms with Gasteiger partial charge in [-0.2, -0.15) is 0 Å². The van der Waals surface area contributed by atoms with E-state index in [9.17, 15) is 14.4 Å². The van der Waals surface area contributed by atoms with E-state index in [4.69, 9.17) is 14.2 Å². The van der Waals surface area contributed by atoms with Gasteiger partial charge in [-0.15, -0.1) is 0 Å². The summed E-state index contributed by atoms with van der Waals surface area (Å²) in [5.74, 6) is -0.857. The Morgan fingerprint density at radius 2 is 0.468 bits per heavy atom. The third-order valence-corrected chi connectivity index (χ3v) is 16.5. The number of ether oxygens (including phenoxy) is 3. The summed E-state index contributed by atoms with van der Waals surface area (Å²) in [5, 5.41) is 0. The molecule has 0 amide bonds. The molecule has 0 saturated heterocycles. The van der Waals surface area contributed by atoms with E-state index in [1.807, 2.05) is 0 Å². The van der Waals surface area contributed by atoms with Crippen LogP contribution in [0.2, 0.25) is 0 Å². The molecular formula is C73H138O6. The van der Waals surface area contributed by atoms with Gasteiger partial charge in [-0.1, -0.05) is 366 Å². The lowest BCUT2D eigenvalue weighted by Gasteiger charge is -2.18. The third kappa shape index (κ3) is 66.6. The van der Waals surface area contributed by atoms with Crippen LogP contribution in [0, 0.1) is 0 Å². The van der Waals surface area contributed by atoms with Crippen LogP contribution in [0.4, 0.5) is 0 Å². The Morgan fingerprint density at radius 3 is 0.734 bits per heavy atom. The number of rotatable bonds is 67. The molecule has 0 N–H and O–H groups in total. The number of allylic oxidation sites excluding steroid dienone is 4. The van der Waals surface area contributed by atoms with Gasteiger partial charge in [-0.25, -0.2) is 0 Å². The van der Waals surface area contributed by atoms with E-state index in [0.29, 0.717) is 19.3 Å². The SMILES string of the molecule is CCCC/C=C\C/C=C\CCCCCCCC(=O)OC(COC(=O)CCCCCCCCCCCCCCC)COC(=O)CCCCCCCCCCCCCCCCCCCCCCCCCCCCCCCCCCCC. The van der Waals surface area contributed by atoms with Gasteiger partial charge in [0.2, 0.25) is 0 Å². The Kier molecular flexibility index (Phi) is 66.6. The third-order valence-electron chi connectivity index (χ3n) is 16.5. The molecule has 466 valence electrons. The predicted molar refractivity (Wildman–Crippen MR) is 344 cm³/mol. The Morgan fingerprint density at radius 1 is 0.253 bits per heavy atom. The molecule has 0 rings (SSSR count). The number of esters is 3. The molecule has 6 nitrogen and oxygen atoms in total. The van der Waals surface area contributed by atoms with Crippen LogP contribution in [0.5, 0.6) is 0 Å². The molecule has 0 aromatic heterocycles. The van der Waals surface area contributed by atoms with E-state index in [2.05, 4.69) is 45.1 Å². The molecule has 6 heteroatoms. The first-order chi connectivity index (χ1) is 39.0. The van der Waals surface area contributed by atoms with E-state index in [0.717, 1.165) is 77.0 Å². The van der Waals surface area contributed by atoms with Crippen LogP contribution in [0.25, 0.3) is 0 Å². The molecule has 1 unspecified atom stereocenters. The number of hydrogen-bond acceptors (Lipinski definition) is 6. The monoisotopic (exact) mass is 1110 g/mol. The van der Waals surface area contributed by atoms with Crippen LogP contribution < -0.4 is 0 Å². The minimum absolute atomic E-state index is 0.0711. The van der Waals surface area contributed by atoms with Crippen molar-refractivity contribution in [1.29, 1.82) is 0 Å². The second-order valence-corrected chi connectivity index (χ2v) is 24.5. The van der Waals surface area contributed by atoms with E-state index < -0.39 is 6.10 Å². The summed E-state index contributed by atoms with van der Waals surface area (Å²) >= 11 is 0. The van der Waals surface area contributed by atoms with Crippen molar-refractivity contribution in [2.75, 3.05) is 13.2 Å². The molecule has 0 radical (unpaired) electrons. The summed E-state index contributed by atoms with van der Waals surface area (Å²) in [6.45, 7) is 6.66. The van der Waals surface area contributed by atoms with Gasteiger partial charge in [0.15, 0.2) is 6.10 Å². The van der Waals surface area contributed by atoms with Gasteiger partial charge in [-0.05, 0) is 44.9 Å². The average Bonchev–Trinajstić information content (AvgIpc) is 3.45. The highest BCUT2D eigenvalue weighted by molar-refractivity contribution is 5.71. The molecule has 79 heavy (non-hydrogen) atoms. The van der Waals surface area contributed by atoms with E-state index in [1.54, 1.807) is 0 Å². The maximum atomic E-state index is 12.9. The number of hydrogen-bond donors (Lipinski definition) is 0. The van der Waals surface area contributed by atoms with Crippen LogP contribution >= 0.6 is 0 Å². The van der Waals surface area contributed by atoms with Crippen molar-refractivity contribution >= 4 is 17.9 Å². The van der Waals surface area contributed by atoms with Crippen molar-refractivity contribution in [3.8, 4) is 0 Å². The van der Waals surface area contributed by atoms with Crippen molar-refractivity contribution < 1.29 is 28.6 Å². The van der Waals surface area contributed by atoms with Crippen molar-refractivity contribution in [3.63, 3.8) is 0 Å². The molecule has 0 aromatic carbocycles. The van der Waals surface area contributed by atoms with Crippen LogP contribution in [-0.2, 0) is 28.6 Å². The summed E-state index contributed by atoms with van der Waals surface area (Å²) in [6.07, 6.45) is 83.8. The van der Waals surface area contributed by atoms with E-state index in [-0.39, 0.29) is 31.1 Å². The Labute approximate surface area is 493 Å². The number of carbonyl (C=O) groups is 3. The summed E-state index contributed by atoms with van der Waals surface area (Å²) in [7, 11) is 0. The summed E-state index contributed by atoms with van der Waals surface area (Å²) in [5.41, 5.74) is 0. The second-order valence-electron chi connectivity index (χ2n) is 24.5. The maximum Gasteiger partial charge on any atom is 0.306 e. The number of carbonyl (C=O) groups excluding carboxylic acids is 3. The normalized spacial score (nSPS) is 12.1. The van der Waals surface area contributed by atoms with Gasteiger partial charge in [0.1, 0.15) is 13.2 Å². The summed E-state index contributed by atoms with van der Waals surface area (Å²) in [4.78, 5) is 38.3. The molecule has 0 aromatic rings. The fraction of sp³-hybridized carbons (Fsp3) is 0.904. The van der Waals surface area contributed by atoms with Crippen molar-refractivity contribution in [3.05, 3.63) is 24.3 Å². The largest absolute Gasteiger partial charge is 0.462 e. The van der Waals surface area contributed by atoms with Gasteiger partial charge in [0, 0.05) is 19.3 Å². The van der Waals surface area contributed by atoms with Crippen LogP contribution in [-0.4, -0.2) is 37.2 Å². The molecule has 0 spiro atoms. The fourth-order valence-electron chi connectivity index (χ4n) is 11.1. The molecule has 0 aliphatic carbocycles. The minimum Gasteiger partial charge on any atom is -0.462 e. The van der Waals surface area contributed by atoms with Gasteiger partial charge in [-0.3, -0.25) is 14.4 Å². The van der Waals surface area contributed by atoms with E-state index >= 15 is 0 Å². The summed E-state index contributed by atoms with van der Waals surface area (Å²) < 4.78 is 16.9. The van der Waals surface area contributed by atoms with E-state index in [1.165, 1.54) is 289 Å². The lowest BCUT2D eigenvalue weighted by atomic mass is 10.0. The zero-order valence-corrected chi connectivity index (χ0v) is 53.7.